The molecule has 3 aromatic heterocycles. The maximum atomic E-state index is 4.72. The van der Waals surface area contributed by atoms with E-state index in [0.717, 1.165) is 33.8 Å². The highest BCUT2D eigenvalue weighted by Gasteiger charge is 2.18. The SMILES string of the molecule is c1ccc2cc3c(cc2c1)sc1cc(N(c2ccc(-n4nc5ccccc5n4)cc2)c2ccc4c(c2)sc2cc5ccccc5cc24)ccc13. The summed E-state index contributed by atoms with van der Waals surface area (Å²) in [5.74, 6) is 0. The highest BCUT2D eigenvalue weighted by Crippen LogP contribution is 2.44. The van der Waals surface area contributed by atoms with Crippen LogP contribution < -0.4 is 4.90 Å². The van der Waals surface area contributed by atoms with Crippen molar-refractivity contribution in [3.8, 4) is 5.69 Å². The molecule has 0 fully saturated rings. The van der Waals surface area contributed by atoms with Crippen LogP contribution in [0.5, 0.6) is 0 Å². The molecular weight excluding hydrogens is 649 g/mol. The normalized spacial score (nSPS) is 12.0. The third-order valence-electron chi connectivity index (χ3n) is 9.79. The average molecular weight is 675 g/mol. The van der Waals surface area contributed by atoms with E-state index in [4.69, 9.17) is 10.2 Å². The van der Waals surface area contributed by atoms with Crippen LogP contribution in [-0.4, -0.2) is 15.0 Å². The Morgan fingerprint density at radius 3 is 1.30 bits per heavy atom. The van der Waals surface area contributed by atoms with E-state index < -0.39 is 0 Å². The van der Waals surface area contributed by atoms with E-state index in [1.807, 2.05) is 46.9 Å². The Labute approximate surface area is 294 Å². The molecule has 11 rings (SSSR count). The Hall–Kier alpha value is -6.08. The molecule has 0 aliphatic heterocycles. The Kier molecular flexibility index (Phi) is 5.96. The fraction of sp³-hybridized carbons (Fsp3) is 0. The van der Waals surface area contributed by atoms with Crippen LogP contribution in [0, 0.1) is 0 Å². The number of hydrogen-bond donors (Lipinski definition) is 0. The van der Waals surface area contributed by atoms with Gasteiger partial charge in [0, 0.05) is 57.4 Å². The van der Waals surface area contributed by atoms with E-state index in [1.54, 1.807) is 4.80 Å². The summed E-state index contributed by atoms with van der Waals surface area (Å²) < 4.78 is 5.17. The number of anilines is 3. The van der Waals surface area contributed by atoms with Gasteiger partial charge in [0.25, 0.3) is 0 Å². The Bertz CT molecular complexity index is 2930. The molecule has 0 N–H and O–H groups in total. The molecule has 8 aromatic carbocycles. The van der Waals surface area contributed by atoms with Gasteiger partial charge in [-0.25, -0.2) is 0 Å². The molecular formula is C44H26N4S2. The molecule has 6 heteroatoms. The summed E-state index contributed by atoms with van der Waals surface area (Å²) in [4.78, 5) is 4.09. The Balaban J connectivity index is 1.08. The summed E-state index contributed by atoms with van der Waals surface area (Å²) in [6, 6.07) is 56.9. The van der Waals surface area contributed by atoms with Gasteiger partial charge in [-0.1, -0.05) is 72.8 Å². The van der Waals surface area contributed by atoms with Crippen LogP contribution >= 0.6 is 22.7 Å². The zero-order valence-corrected chi connectivity index (χ0v) is 28.2. The lowest BCUT2D eigenvalue weighted by Crippen LogP contribution is -2.10. The quantitative estimate of drug-likeness (QED) is 0.186. The third kappa shape index (κ3) is 4.36. The molecule has 0 unspecified atom stereocenters. The van der Waals surface area contributed by atoms with Crippen LogP contribution in [0.3, 0.4) is 0 Å². The molecule has 0 amide bonds. The summed E-state index contributed by atoms with van der Waals surface area (Å²) in [6.45, 7) is 0. The molecule has 0 radical (unpaired) electrons. The van der Waals surface area contributed by atoms with Gasteiger partial charge in [0.05, 0.1) is 5.69 Å². The molecule has 3 heterocycles. The van der Waals surface area contributed by atoms with Crippen molar-refractivity contribution < 1.29 is 0 Å². The van der Waals surface area contributed by atoms with Gasteiger partial charge >= 0.3 is 0 Å². The van der Waals surface area contributed by atoms with Crippen molar-refractivity contribution in [2.24, 2.45) is 0 Å². The van der Waals surface area contributed by atoms with E-state index in [2.05, 4.69) is 138 Å². The molecule has 0 saturated carbocycles. The van der Waals surface area contributed by atoms with Crippen molar-refractivity contribution in [2.45, 2.75) is 0 Å². The highest BCUT2D eigenvalue weighted by atomic mass is 32.1. The number of fused-ring (bicyclic) bond motifs is 9. The van der Waals surface area contributed by atoms with Crippen molar-refractivity contribution in [2.75, 3.05) is 4.90 Å². The lowest BCUT2D eigenvalue weighted by atomic mass is 10.1. The van der Waals surface area contributed by atoms with Crippen molar-refractivity contribution in [1.29, 1.82) is 0 Å². The summed E-state index contributed by atoms with van der Waals surface area (Å²) in [5, 5.41) is 19.7. The van der Waals surface area contributed by atoms with Crippen molar-refractivity contribution >= 4 is 113 Å². The van der Waals surface area contributed by atoms with Gasteiger partial charge < -0.3 is 4.90 Å². The zero-order valence-electron chi connectivity index (χ0n) is 26.6. The maximum absolute atomic E-state index is 4.72. The first kappa shape index (κ1) is 27.8. The molecule has 0 bridgehead atoms. The molecule has 0 saturated heterocycles. The zero-order chi connectivity index (χ0) is 32.8. The summed E-state index contributed by atoms with van der Waals surface area (Å²) in [7, 11) is 0. The summed E-state index contributed by atoms with van der Waals surface area (Å²) in [5.41, 5.74) is 6.00. The average Bonchev–Trinajstić information content (AvgIpc) is 3.85. The molecule has 0 aliphatic carbocycles. The van der Waals surface area contributed by atoms with Crippen LogP contribution in [0.15, 0.2) is 158 Å². The summed E-state index contributed by atoms with van der Waals surface area (Å²) in [6.07, 6.45) is 0. The van der Waals surface area contributed by atoms with Crippen molar-refractivity contribution in [3.05, 3.63) is 158 Å². The maximum Gasteiger partial charge on any atom is 0.113 e. The smallest absolute Gasteiger partial charge is 0.113 e. The molecule has 4 nitrogen and oxygen atoms in total. The molecule has 0 spiro atoms. The predicted molar refractivity (Wildman–Crippen MR) is 214 cm³/mol. The Morgan fingerprint density at radius 1 is 0.380 bits per heavy atom. The highest BCUT2D eigenvalue weighted by molar-refractivity contribution is 7.26. The molecule has 50 heavy (non-hydrogen) atoms. The van der Waals surface area contributed by atoms with Crippen LogP contribution in [0.1, 0.15) is 0 Å². The Morgan fingerprint density at radius 2 is 0.800 bits per heavy atom. The van der Waals surface area contributed by atoms with Crippen molar-refractivity contribution in [3.63, 3.8) is 0 Å². The second-order valence-electron chi connectivity index (χ2n) is 12.8. The van der Waals surface area contributed by atoms with Crippen LogP contribution in [0.25, 0.3) is 78.6 Å². The van der Waals surface area contributed by atoms with Crippen LogP contribution in [0.4, 0.5) is 17.1 Å². The van der Waals surface area contributed by atoms with Gasteiger partial charge in [0.15, 0.2) is 0 Å². The van der Waals surface area contributed by atoms with E-state index in [-0.39, 0.29) is 0 Å². The second kappa shape index (κ2) is 10.7. The van der Waals surface area contributed by atoms with Crippen LogP contribution in [0.2, 0.25) is 0 Å². The lowest BCUT2D eigenvalue weighted by molar-refractivity contribution is 0.766. The monoisotopic (exact) mass is 674 g/mol. The molecule has 11 aromatic rings. The van der Waals surface area contributed by atoms with Crippen molar-refractivity contribution in [1.82, 2.24) is 15.0 Å². The second-order valence-corrected chi connectivity index (χ2v) is 15.0. The van der Waals surface area contributed by atoms with E-state index in [1.165, 1.54) is 61.9 Å². The largest absolute Gasteiger partial charge is 0.310 e. The minimum Gasteiger partial charge on any atom is -0.310 e. The van der Waals surface area contributed by atoms with E-state index >= 15 is 0 Å². The number of aromatic nitrogens is 3. The minimum atomic E-state index is 0.882. The first-order valence-electron chi connectivity index (χ1n) is 16.6. The standard InChI is InChI=1S/C44H26N4S2/c1-3-9-29-23-41-37(21-27(29)7-1)35-19-17-33(25-43(35)49-41)47(31-13-15-32(16-14-31)48-45-39-11-5-6-12-40(39)46-48)34-18-20-36-38-22-28-8-2-4-10-30(28)24-42(38)50-44(36)26-34/h1-26H. The lowest BCUT2D eigenvalue weighted by Gasteiger charge is -2.26. The topological polar surface area (TPSA) is 34.0 Å². The summed E-state index contributed by atoms with van der Waals surface area (Å²) >= 11 is 3.72. The number of benzene rings is 8. The fourth-order valence-electron chi connectivity index (χ4n) is 7.34. The molecule has 0 aliphatic rings. The number of rotatable bonds is 4. The van der Waals surface area contributed by atoms with Crippen LogP contribution in [-0.2, 0) is 0 Å². The molecule has 0 atom stereocenters. The third-order valence-corrected chi connectivity index (χ3v) is 12.0. The van der Waals surface area contributed by atoms with Gasteiger partial charge in [-0.2, -0.15) is 4.80 Å². The van der Waals surface area contributed by atoms with E-state index in [0.29, 0.717) is 0 Å². The molecule has 234 valence electrons. The minimum absolute atomic E-state index is 0.882. The number of thiophene rings is 2. The number of hydrogen-bond acceptors (Lipinski definition) is 5. The van der Waals surface area contributed by atoms with Gasteiger partial charge in [-0.05, 0) is 106 Å². The number of nitrogens with zero attached hydrogens (tertiary/aromatic N) is 4. The van der Waals surface area contributed by atoms with Gasteiger partial charge in [-0.15, -0.1) is 32.9 Å². The van der Waals surface area contributed by atoms with Gasteiger partial charge in [0.1, 0.15) is 11.0 Å². The predicted octanol–water partition coefficient (Wildman–Crippen LogP) is 12.9. The van der Waals surface area contributed by atoms with Gasteiger partial charge in [-0.3, -0.25) is 0 Å². The fourth-order valence-corrected chi connectivity index (χ4v) is 9.68. The van der Waals surface area contributed by atoms with E-state index in [9.17, 15) is 0 Å². The first-order chi connectivity index (χ1) is 24.7. The first-order valence-corrected chi connectivity index (χ1v) is 18.3. The van der Waals surface area contributed by atoms with Gasteiger partial charge in [0.2, 0.25) is 0 Å².